The van der Waals surface area contributed by atoms with Crippen LogP contribution in [0.25, 0.3) is 0 Å². The van der Waals surface area contributed by atoms with Gasteiger partial charge in [0.05, 0.1) is 0 Å². The molecule has 0 saturated carbocycles. The fraction of sp³-hybridized carbons (Fsp3) is 0.353. The molecule has 2 aliphatic rings. The lowest BCUT2D eigenvalue weighted by Gasteiger charge is -2.13. The topological polar surface area (TPSA) is 75.4 Å². The van der Waals surface area contributed by atoms with E-state index in [1.54, 1.807) is 0 Å². The van der Waals surface area contributed by atoms with E-state index in [-0.39, 0.29) is 18.1 Å². The highest BCUT2D eigenvalue weighted by molar-refractivity contribution is 5.74. The lowest BCUT2D eigenvalue weighted by atomic mass is 9.95. The number of carboxylic acids is 1. The van der Waals surface area contributed by atoms with Gasteiger partial charge in [0.25, 0.3) is 0 Å². The normalized spacial score (nSPS) is 27.4. The number of rotatable bonds is 2. The van der Waals surface area contributed by atoms with Crippen molar-refractivity contribution in [1.29, 1.82) is 0 Å². The van der Waals surface area contributed by atoms with Gasteiger partial charge in [-0.15, -0.1) is 0 Å². The summed E-state index contributed by atoms with van der Waals surface area (Å²) in [5, 5.41) is 11.8. The first-order chi connectivity index (χ1) is 10.1. The fourth-order valence-electron chi connectivity index (χ4n) is 2.56. The number of hydrogen-bond donors (Lipinski definition) is 3. The van der Waals surface area contributed by atoms with Crippen molar-refractivity contribution in [2.75, 3.05) is 0 Å². The Morgan fingerprint density at radius 1 is 1.29 bits per heavy atom. The summed E-state index contributed by atoms with van der Waals surface area (Å²) in [6.07, 6.45) is 8.74. The molecular formula is C17H22N2O2. The molecule has 0 spiro atoms. The van der Waals surface area contributed by atoms with E-state index in [1.165, 1.54) is 5.56 Å². The molecule has 0 bridgehead atoms. The van der Waals surface area contributed by atoms with E-state index in [9.17, 15) is 4.79 Å². The second-order valence-electron chi connectivity index (χ2n) is 5.45. The first-order valence-corrected chi connectivity index (χ1v) is 7.22. The summed E-state index contributed by atoms with van der Waals surface area (Å²) in [6.45, 7) is 1.98. The molecule has 1 saturated heterocycles. The average molecular weight is 286 g/mol. The van der Waals surface area contributed by atoms with Gasteiger partial charge < -0.3 is 10.8 Å². The Morgan fingerprint density at radius 3 is 2.48 bits per heavy atom. The molecule has 1 aliphatic heterocycles. The summed E-state index contributed by atoms with van der Waals surface area (Å²) in [5.41, 5.74) is 6.81. The van der Waals surface area contributed by atoms with Crippen LogP contribution in [0, 0.1) is 5.92 Å². The van der Waals surface area contributed by atoms with Crippen LogP contribution in [0.3, 0.4) is 0 Å². The second kappa shape index (κ2) is 7.20. The number of allylic oxidation sites excluding steroid dienone is 2. The maximum atomic E-state index is 10.6. The molecule has 4 atom stereocenters. The predicted molar refractivity (Wildman–Crippen MR) is 83.8 cm³/mol. The average Bonchev–Trinajstić information content (AvgIpc) is 2.93. The molecular weight excluding hydrogens is 264 g/mol. The standard InChI is InChI=1S/C9H11NO2.C8H11N/c11-9(12)8-5-6-3-1-2-4-7(6)10-8;1-7(9)8-5-3-2-4-6-8/h1-4,6-8,10H,5H2,(H,11,12);2-7H,9H2,1H3/t;7-/m.1/s1. The fourth-order valence-corrected chi connectivity index (χ4v) is 2.56. The van der Waals surface area contributed by atoms with E-state index < -0.39 is 5.97 Å². The first kappa shape index (κ1) is 15.5. The maximum Gasteiger partial charge on any atom is 0.320 e. The van der Waals surface area contributed by atoms with Crippen LogP contribution < -0.4 is 11.1 Å². The van der Waals surface area contributed by atoms with Crippen LogP contribution in [0.1, 0.15) is 24.9 Å². The molecule has 4 nitrogen and oxygen atoms in total. The van der Waals surface area contributed by atoms with E-state index in [1.807, 2.05) is 55.5 Å². The van der Waals surface area contributed by atoms with Crippen LogP contribution >= 0.6 is 0 Å². The molecule has 3 rings (SSSR count). The monoisotopic (exact) mass is 286 g/mol. The van der Waals surface area contributed by atoms with Gasteiger partial charge in [0.2, 0.25) is 0 Å². The van der Waals surface area contributed by atoms with Gasteiger partial charge in [-0.05, 0) is 24.8 Å². The number of carboxylic acid groups (broad SMARTS) is 1. The highest BCUT2D eigenvalue weighted by Crippen LogP contribution is 2.25. The summed E-state index contributed by atoms with van der Waals surface area (Å²) in [4.78, 5) is 10.6. The molecule has 1 aromatic rings. The Bertz CT molecular complexity index is 503. The zero-order valence-electron chi connectivity index (χ0n) is 12.1. The Labute approximate surface area is 125 Å². The molecule has 1 aromatic carbocycles. The van der Waals surface area contributed by atoms with Gasteiger partial charge in [-0.3, -0.25) is 10.1 Å². The number of hydrogen-bond acceptors (Lipinski definition) is 3. The van der Waals surface area contributed by atoms with Gasteiger partial charge >= 0.3 is 5.97 Å². The van der Waals surface area contributed by atoms with Crippen molar-refractivity contribution in [3.63, 3.8) is 0 Å². The van der Waals surface area contributed by atoms with Gasteiger partial charge in [-0.2, -0.15) is 0 Å². The van der Waals surface area contributed by atoms with E-state index in [0.717, 1.165) is 0 Å². The lowest BCUT2D eigenvalue weighted by Crippen LogP contribution is -2.35. The zero-order valence-corrected chi connectivity index (χ0v) is 12.1. The quantitative estimate of drug-likeness (QED) is 0.779. The third kappa shape index (κ3) is 4.28. The van der Waals surface area contributed by atoms with Gasteiger partial charge in [0.15, 0.2) is 0 Å². The van der Waals surface area contributed by atoms with Crippen molar-refractivity contribution >= 4 is 5.97 Å². The lowest BCUT2D eigenvalue weighted by molar-refractivity contribution is -0.139. The number of fused-ring (bicyclic) bond motifs is 1. The van der Waals surface area contributed by atoms with E-state index in [2.05, 4.69) is 11.4 Å². The molecule has 21 heavy (non-hydrogen) atoms. The molecule has 0 radical (unpaired) electrons. The van der Waals surface area contributed by atoms with Crippen LogP contribution in [0.5, 0.6) is 0 Å². The first-order valence-electron chi connectivity index (χ1n) is 7.22. The van der Waals surface area contributed by atoms with Crippen molar-refractivity contribution in [3.05, 3.63) is 60.2 Å². The summed E-state index contributed by atoms with van der Waals surface area (Å²) in [6, 6.07) is 10.1. The van der Waals surface area contributed by atoms with E-state index >= 15 is 0 Å². The minimum atomic E-state index is -0.744. The molecule has 4 heteroatoms. The number of carbonyl (C=O) groups is 1. The van der Waals surface area contributed by atoms with Crippen molar-refractivity contribution < 1.29 is 9.90 Å². The second-order valence-corrected chi connectivity index (χ2v) is 5.45. The SMILES string of the molecule is C[C@@H](N)c1ccccc1.O=C(O)C1CC2C=CC=CC2N1. The third-order valence-electron chi connectivity index (χ3n) is 3.77. The van der Waals surface area contributed by atoms with Gasteiger partial charge in [-0.25, -0.2) is 0 Å². The third-order valence-corrected chi connectivity index (χ3v) is 3.77. The van der Waals surface area contributed by atoms with E-state index in [0.29, 0.717) is 12.3 Å². The highest BCUT2D eigenvalue weighted by atomic mass is 16.4. The Morgan fingerprint density at radius 2 is 1.95 bits per heavy atom. The van der Waals surface area contributed by atoms with Crippen LogP contribution in [-0.2, 0) is 4.79 Å². The minimum Gasteiger partial charge on any atom is -0.480 e. The van der Waals surface area contributed by atoms with Crippen LogP contribution in [0.15, 0.2) is 54.6 Å². The molecule has 0 amide bonds. The molecule has 1 fully saturated rings. The predicted octanol–water partition coefficient (Wildman–Crippen LogP) is 2.25. The Balaban J connectivity index is 0.000000161. The van der Waals surface area contributed by atoms with Crippen LogP contribution in [0.2, 0.25) is 0 Å². The number of benzene rings is 1. The molecule has 1 aliphatic carbocycles. The van der Waals surface area contributed by atoms with E-state index in [4.69, 9.17) is 10.8 Å². The summed E-state index contributed by atoms with van der Waals surface area (Å²) in [7, 11) is 0. The summed E-state index contributed by atoms with van der Waals surface area (Å²) < 4.78 is 0. The number of aliphatic carboxylic acids is 1. The molecule has 0 aromatic heterocycles. The van der Waals surface area contributed by atoms with Crippen LogP contribution in [-0.4, -0.2) is 23.2 Å². The van der Waals surface area contributed by atoms with Crippen molar-refractivity contribution in [2.45, 2.75) is 31.5 Å². The summed E-state index contributed by atoms with van der Waals surface area (Å²) >= 11 is 0. The zero-order chi connectivity index (χ0) is 15.2. The number of nitrogens with one attached hydrogen (secondary N) is 1. The van der Waals surface area contributed by atoms with Gasteiger partial charge in [-0.1, -0.05) is 54.6 Å². The van der Waals surface area contributed by atoms with Crippen LogP contribution in [0.4, 0.5) is 0 Å². The smallest absolute Gasteiger partial charge is 0.320 e. The molecule has 4 N–H and O–H groups in total. The Kier molecular flexibility index (Phi) is 5.31. The van der Waals surface area contributed by atoms with Crippen molar-refractivity contribution in [3.8, 4) is 0 Å². The maximum absolute atomic E-state index is 10.6. The number of nitrogens with two attached hydrogens (primary N) is 1. The van der Waals surface area contributed by atoms with Crippen molar-refractivity contribution in [1.82, 2.24) is 5.32 Å². The Hall–Kier alpha value is -1.91. The van der Waals surface area contributed by atoms with Gasteiger partial charge in [0.1, 0.15) is 6.04 Å². The molecule has 1 heterocycles. The summed E-state index contributed by atoms with van der Waals surface area (Å²) in [5.74, 6) is -0.373. The molecule has 3 unspecified atom stereocenters. The van der Waals surface area contributed by atoms with Gasteiger partial charge in [0, 0.05) is 12.1 Å². The highest BCUT2D eigenvalue weighted by Gasteiger charge is 2.34. The molecule has 112 valence electrons. The van der Waals surface area contributed by atoms with Crippen molar-refractivity contribution in [2.24, 2.45) is 11.7 Å². The minimum absolute atomic E-state index is 0.159. The largest absolute Gasteiger partial charge is 0.480 e.